The third-order valence-electron chi connectivity index (χ3n) is 2.90. The van der Waals surface area contributed by atoms with Gasteiger partial charge in [0.15, 0.2) is 0 Å². The fraction of sp³-hybridized carbons (Fsp3) is 0.200. The summed E-state index contributed by atoms with van der Waals surface area (Å²) in [6.07, 6.45) is -3.45. The van der Waals surface area contributed by atoms with Crippen LogP contribution in [0.1, 0.15) is 27.2 Å². The number of benzene rings is 1. The molecule has 2 rings (SSSR count). The average Bonchev–Trinajstić information content (AvgIpc) is 2.47. The summed E-state index contributed by atoms with van der Waals surface area (Å²) in [6.45, 7) is -0.287. The Balaban J connectivity index is 2.50. The van der Waals surface area contributed by atoms with Crippen molar-refractivity contribution < 1.29 is 23.1 Å². The van der Waals surface area contributed by atoms with Crippen LogP contribution < -0.4 is 0 Å². The number of aromatic nitrogens is 1. The molecule has 110 valence electrons. The van der Waals surface area contributed by atoms with Crippen molar-refractivity contribution in [2.24, 2.45) is 0 Å². The molecular formula is C15H12F3NO2. The first-order valence-electron chi connectivity index (χ1n) is 6.20. The highest BCUT2D eigenvalue weighted by atomic mass is 19.4. The van der Waals surface area contributed by atoms with Gasteiger partial charge in [-0.05, 0) is 18.1 Å². The Kier molecular flexibility index (Phi) is 4.37. The fourth-order valence-electron chi connectivity index (χ4n) is 1.90. The van der Waals surface area contributed by atoms with Gasteiger partial charge in [0.05, 0.1) is 5.56 Å². The largest absolute Gasteiger partial charge is 0.418 e. The van der Waals surface area contributed by atoms with Crippen molar-refractivity contribution in [3.63, 3.8) is 0 Å². The molecule has 2 aromatic rings. The molecule has 0 saturated heterocycles. The van der Waals surface area contributed by atoms with E-state index in [0.717, 1.165) is 6.07 Å². The monoisotopic (exact) mass is 295 g/mol. The average molecular weight is 295 g/mol. The van der Waals surface area contributed by atoms with E-state index in [1.165, 1.54) is 18.3 Å². The molecule has 0 spiro atoms. The van der Waals surface area contributed by atoms with Crippen LogP contribution in [0.2, 0.25) is 0 Å². The molecule has 0 unspecified atom stereocenters. The molecule has 21 heavy (non-hydrogen) atoms. The van der Waals surface area contributed by atoms with Crippen molar-refractivity contribution in [3.05, 3.63) is 65.0 Å². The van der Waals surface area contributed by atoms with Crippen LogP contribution >= 0.6 is 0 Å². The molecule has 0 amide bonds. The molecular weight excluding hydrogens is 283 g/mol. The van der Waals surface area contributed by atoms with Gasteiger partial charge in [-0.1, -0.05) is 30.3 Å². The first kappa shape index (κ1) is 15.2. The van der Waals surface area contributed by atoms with Crippen LogP contribution in [0.25, 0.3) is 0 Å². The number of hydrogen-bond donors (Lipinski definition) is 1. The van der Waals surface area contributed by atoms with Crippen molar-refractivity contribution in [2.45, 2.75) is 12.6 Å². The van der Waals surface area contributed by atoms with Crippen LogP contribution in [-0.4, -0.2) is 22.5 Å². The Labute approximate surface area is 119 Å². The van der Waals surface area contributed by atoms with Crippen LogP contribution in [0.4, 0.5) is 13.2 Å². The van der Waals surface area contributed by atoms with Gasteiger partial charge in [0.1, 0.15) is 5.69 Å². The minimum Gasteiger partial charge on any atom is -0.396 e. The molecule has 1 heterocycles. The Morgan fingerprint density at radius 1 is 1.19 bits per heavy atom. The lowest BCUT2D eigenvalue weighted by Gasteiger charge is -2.12. The second kappa shape index (κ2) is 6.05. The number of rotatable bonds is 4. The number of nitrogens with zero attached hydrogens (tertiary/aromatic N) is 1. The van der Waals surface area contributed by atoms with Gasteiger partial charge in [0.2, 0.25) is 5.78 Å². The summed E-state index contributed by atoms with van der Waals surface area (Å²) < 4.78 is 39.3. The minimum absolute atomic E-state index is 0.0515. The van der Waals surface area contributed by atoms with Gasteiger partial charge in [0.25, 0.3) is 0 Å². The van der Waals surface area contributed by atoms with Crippen LogP contribution in [0.5, 0.6) is 0 Å². The lowest BCUT2D eigenvalue weighted by molar-refractivity contribution is -0.138. The summed E-state index contributed by atoms with van der Waals surface area (Å²) >= 11 is 0. The molecule has 0 aliphatic carbocycles. The molecule has 3 nitrogen and oxygen atoms in total. The molecule has 0 aliphatic heterocycles. The molecule has 1 N–H and O–H groups in total. The van der Waals surface area contributed by atoms with Gasteiger partial charge in [-0.25, -0.2) is 0 Å². The quantitative estimate of drug-likeness (QED) is 0.882. The number of carbonyl (C=O) groups is 1. The van der Waals surface area contributed by atoms with E-state index in [-0.39, 0.29) is 24.2 Å². The summed E-state index contributed by atoms with van der Waals surface area (Å²) in [6, 6.07) is 8.54. The SMILES string of the molecule is O=C(c1ccccc1)c1ncc(CCO)cc1C(F)(F)F. The molecule has 0 atom stereocenters. The van der Waals surface area contributed by atoms with Crippen LogP contribution in [0, 0.1) is 0 Å². The minimum atomic E-state index is -4.68. The van der Waals surface area contributed by atoms with E-state index in [1.54, 1.807) is 18.2 Å². The Hall–Kier alpha value is -2.21. The maximum atomic E-state index is 13.1. The Morgan fingerprint density at radius 2 is 1.86 bits per heavy atom. The van der Waals surface area contributed by atoms with Gasteiger partial charge in [-0.3, -0.25) is 9.78 Å². The maximum absolute atomic E-state index is 13.1. The topological polar surface area (TPSA) is 50.2 Å². The molecule has 0 saturated carbocycles. The highest BCUT2D eigenvalue weighted by Crippen LogP contribution is 2.32. The first-order chi connectivity index (χ1) is 9.93. The van der Waals surface area contributed by atoms with Gasteiger partial charge < -0.3 is 5.11 Å². The Bertz CT molecular complexity index is 639. The number of ketones is 1. The number of alkyl halides is 3. The van der Waals surface area contributed by atoms with Crippen molar-refractivity contribution in [1.82, 2.24) is 4.98 Å². The van der Waals surface area contributed by atoms with E-state index < -0.39 is 23.2 Å². The second-order valence-electron chi connectivity index (χ2n) is 4.41. The van der Waals surface area contributed by atoms with Gasteiger partial charge in [-0.2, -0.15) is 13.2 Å². The molecule has 1 aromatic heterocycles. The van der Waals surface area contributed by atoms with E-state index in [0.29, 0.717) is 0 Å². The van der Waals surface area contributed by atoms with Crippen molar-refractivity contribution >= 4 is 5.78 Å². The maximum Gasteiger partial charge on any atom is 0.418 e. The Morgan fingerprint density at radius 3 is 2.43 bits per heavy atom. The normalized spacial score (nSPS) is 11.4. The van der Waals surface area contributed by atoms with Crippen LogP contribution in [-0.2, 0) is 12.6 Å². The molecule has 0 aliphatic rings. The van der Waals surface area contributed by atoms with Crippen molar-refractivity contribution in [1.29, 1.82) is 0 Å². The molecule has 1 aromatic carbocycles. The number of aliphatic hydroxyl groups is 1. The van der Waals surface area contributed by atoms with E-state index >= 15 is 0 Å². The van der Waals surface area contributed by atoms with E-state index in [4.69, 9.17) is 5.11 Å². The smallest absolute Gasteiger partial charge is 0.396 e. The predicted octanol–water partition coefficient (Wildman–Crippen LogP) is 2.87. The lowest BCUT2D eigenvalue weighted by atomic mass is 10.0. The molecule has 6 heteroatoms. The molecule has 0 fully saturated rings. The second-order valence-corrected chi connectivity index (χ2v) is 4.41. The van der Waals surface area contributed by atoms with E-state index in [1.807, 2.05) is 0 Å². The van der Waals surface area contributed by atoms with Gasteiger partial charge in [-0.15, -0.1) is 0 Å². The zero-order valence-corrected chi connectivity index (χ0v) is 10.9. The van der Waals surface area contributed by atoms with Crippen molar-refractivity contribution in [3.8, 4) is 0 Å². The van der Waals surface area contributed by atoms with Crippen LogP contribution in [0.3, 0.4) is 0 Å². The number of carbonyl (C=O) groups excluding carboxylic acids is 1. The zero-order valence-electron chi connectivity index (χ0n) is 10.9. The van der Waals surface area contributed by atoms with Gasteiger partial charge in [0, 0.05) is 18.4 Å². The van der Waals surface area contributed by atoms with Gasteiger partial charge >= 0.3 is 6.18 Å². The number of hydrogen-bond acceptors (Lipinski definition) is 3. The predicted molar refractivity (Wildman–Crippen MR) is 69.9 cm³/mol. The number of pyridine rings is 1. The number of aliphatic hydroxyl groups excluding tert-OH is 1. The van der Waals surface area contributed by atoms with Crippen molar-refractivity contribution in [2.75, 3.05) is 6.61 Å². The summed E-state index contributed by atoms with van der Waals surface area (Å²) in [5, 5.41) is 8.79. The summed E-state index contributed by atoms with van der Waals surface area (Å²) in [4.78, 5) is 15.8. The highest BCUT2D eigenvalue weighted by Gasteiger charge is 2.36. The van der Waals surface area contributed by atoms with E-state index in [2.05, 4.69) is 4.98 Å². The fourth-order valence-corrected chi connectivity index (χ4v) is 1.90. The summed E-state index contributed by atoms with van der Waals surface area (Å²) in [5.41, 5.74) is -1.34. The third-order valence-corrected chi connectivity index (χ3v) is 2.90. The summed E-state index contributed by atoms with van der Waals surface area (Å²) in [7, 11) is 0. The standard InChI is InChI=1S/C15H12F3NO2/c16-15(17,18)12-8-10(6-7-20)9-19-13(12)14(21)11-4-2-1-3-5-11/h1-5,8-9,20H,6-7H2. The third kappa shape index (κ3) is 3.46. The van der Waals surface area contributed by atoms with E-state index in [9.17, 15) is 18.0 Å². The zero-order chi connectivity index (χ0) is 15.5. The highest BCUT2D eigenvalue weighted by molar-refractivity contribution is 6.08. The first-order valence-corrected chi connectivity index (χ1v) is 6.20. The lowest BCUT2D eigenvalue weighted by Crippen LogP contribution is -2.16. The van der Waals surface area contributed by atoms with Crippen LogP contribution in [0.15, 0.2) is 42.6 Å². The molecule has 0 bridgehead atoms. The number of halogens is 3. The summed E-state index contributed by atoms with van der Waals surface area (Å²) in [5.74, 6) is -0.779. The molecule has 0 radical (unpaired) electrons.